The fourth-order valence-corrected chi connectivity index (χ4v) is 1.61. The van der Waals surface area contributed by atoms with Crippen molar-refractivity contribution in [1.29, 1.82) is 0 Å². The summed E-state index contributed by atoms with van der Waals surface area (Å²) in [4.78, 5) is 11.3. The topological polar surface area (TPSA) is 104 Å². The zero-order chi connectivity index (χ0) is 10.1. The number of morpholine rings is 1. The first-order chi connectivity index (χ1) is 5.91. The van der Waals surface area contributed by atoms with Crippen LogP contribution in [0.3, 0.4) is 0 Å². The van der Waals surface area contributed by atoms with E-state index in [1.54, 1.807) is 0 Å². The van der Waals surface area contributed by atoms with Crippen molar-refractivity contribution < 1.29 is 27.6 Å². The van der Waals surface area contributed by atoms with Gasteiger partial charge in [0.05, 0.1) is 13.2 Å². The molecule has 2 N–H and O–H groups in total. The zero-order valence-electron chi connectivity index (χ0n) is 6.99. The molecule has 1 saturated heterocycles. The van der Waals surface area contributed by atoms with Gasteiger partial charge in [0.15, 0.2) is 0 Å². The Labute approximate surface area is 86.8 Å². The van der Waals surface area contributed by atoms with Gasteiger partial charge in [-0.05, 0) is 0 Å². The molecule has 0 aliphatic carbocycles. The lowest BCUT2D eigenvalue weighted by Gasteiger charge is -2.28. The van der Waals surface area contributed by atoms with Crippen molar-refractivity contribution in [3.63, 3.8) is 0 Å². The number of amides is 1. The van der Waals surface area contributed by atoms with Crippen LogP contribution in [-0.4, -0.2) is 54.2 Å². The summed E-state index contributed by atoms with van der Waals surface area (Å²) in [7, 11) is -4.32. The molecule has 1 fully saturated rings. The van der Waals surface area contributed by atoms with Gasteiger partial charge in [0.25, 0.3) is 10.1 Å². The average molecular weight is 248 g/mol. The Balaban J connectivity index is 0.00000169. The Morgan fingerprint density at radius 3 is 2.50 bits per heavy atom. The minimum atomic E-state index is -4.32. The van der Waals surface area contributed by atoms with Gasteiger partial charge in [0, 0.05) is 6.54 Å². The first-order valence-corrected chi connectivity index (χ1v) is 4.97. The largest absolute Gasteiger partial charge is 0.465 e. The van der Waals surface area contributed by atoms with E-state index >= 15 is 0 Å². The van der Waals surface area contributed by atoms with Gasteiger partial charge in [0.1, 0.15) is 0 Å². The van der Waals surface area contributed by atoms with Crippen LogP contribution in [0.2, 0.25) is 0 Å². The number of rotatable bonds is 1. The van der Waals surface area contributed by atoms with Crippen molar-refractivity contribution in [2.24, 2.45) is 0 Å². The fourth-order valence-electron chi connectivity index (χ4n) is 0.972. The number of hydrogen-bond acceptors (Lipinski definition) is 4. The van der Waals surface area contributed by atoms with E-state index in [0.29, 0.717) is 0 Å². The van der Waals surface area contributed by atoms with Crippen molar-refractivity contribution in [3.8, 4) is 0 Å². The summed E-state index contributed by atoms with van der Waals surface area (Å²) >= 11 is 0. The molecule has 0 aromatic rings. The summed E-state index contributed by atoms with van der Waals surface area (Å²) in [6.07, 6.45) is -1.23. The zero-order valence-corrected chi connectivity index (χ0v) is 8.62. The van der Waals surface area contributed by atoms with Gasteiger partial charge in [-0.2, -0.15) is 8.42 Å². The molecule has 9 heteroatoms. The quantitative estimate of drug-likeness (QED) is 0.613. The van der Waals surface area contributed by atoms with Crippen LogP contribution in [0.4, 0.5) is 4.79 Å². The second kappa shape index (κ2) is 4.78. The highest BCUT2D eigenvalue weighted by Crippen LogP contribution is 2.09. The maximum atomic E-state index is 10.6. The van der Waals surface area contributed by atoms with E-state index in [1.807, 2.05) is 0 Å². The number of hydrogen-bond donors (Lipinski definition) is 2. The molecule has 1 amide bonds. The maximum Gasteiger partial charge on any atom is 0.407 e. The molecule has 0 spiro atoms. The van der Waals surface area contributed by atoms with Gasteiger partial charge < -0.3 is 14.7 Å². The summed E-state index contributed by atoms with van der Waals surface area (Å²) in [6, 6.07) is 0. The van der Waals surface area contributed by atoms with Crippen LogP contribution in [0.1, 0.15) is 0 Å². The Morgan fingerprint density at radius 1 is 1.50 bits per heavy atom. The molecule has 14 heavy (non-hydrogen) atoms. The fraction of sp³-hybridized carbons (Fsp3) is 0.800. The van der Waals surface area contributed by atoms with Crippen LogP contribution in [-0.2, 0) is 14.9 Å². The van der Waals surface area contributed by atoms with Crippen LogP contribution < -0.4 is 0 Å². The minimum Gasteiger partial charge on any atom is -0.465 e. The highest BCUT2D eigenvalue weighted by molar-refractivity contribution is 7.86. The van der Waals surface area contributed by atoms with Crippen LogP contribution in [0, 0.1) is 0 Å². The van der Waals surface area contributed by atoms with E-state index in [4.69, 9.17) is 9.66 Å². The monoisotopic (exact) mass is 247 g/mol. The normalized spacial score (nSPS) is 22.6. The molecule has 84 valence electrons. The van der Waals surface area contributed by atoms with E-state index in [1.165, 1.54) is 0 Å². The second-order valence-corrected chi connectivity index (χ2v) is 4.10. The minimum absolute atomic E-state index is 0. The number of carbonyl (C=O) groups is 1. The number of nitrogens with zero attached hydrogens (tertiary/aromatic N) is 1. The maximum absolute atomic E-state index is 10.6. The molecule has 0 saturated carbocycles. The average Bonchev–Trinajstić information content (AvgIpc) is 2.03. The highest BCUT2D eigenvalue weighted by atomic mass is 35.5. The highest BCUT2D eigenvalue weighted by Gasteiger charge is 2.32. The van der Waals surface area contributed by atoms with Crippen LogP contribution in [0.15, 0.2) is 0 Å². The lowest BCUT2D eigenvalue weighted by molar-refractivity contribution is 0.0138. The first-order valence-electron chi connectivity index (χ1n) is 3.47. The predicted molar refractivity (Wildman–Crippen MR) is 48.1 cm³/mol. The molecule has 1 aliphatic heterocycles. The summed E-state index contributed by atoms with van der Waals surface area (Å²) in [5.41, 5.74) is -1.46. The second-order valence-electron chi connectivity index (χ2n) is 2.54. The third kappa shape index (κ3) is 3.29. The van der Waals surface area contributed by atoms with Gasteiger partial charge >= 0.3 is 6.09 Å². The van der Waals surface area contributed by atoms with Gasteiger partial charge in [-0.25, -0.2) is 4.79 Å². The summed E-state index contributed by atoms with van der Waals surface area (Å²) in [6.45, 7) is -0.272. The predicted octanol–water partition coefficient (Wildman–Crippen LogP) is -0.368. The van der Waals surface area contributed by atoms with Crippen LogP contribution in [0.5, 0.6) is 0 Å². The van der Waals surface area contributed by atoms with Gasteiger partial charge in [-0.3, -0.25) is 4.55 Å². The molecular formula is C5H10ClNO6S. The molecule has 0 bridgehead atoms. The smallest absolute Gasteiger partial charge is 0.407 e. The molecule has 1 rings (SSSR count). The van der Waals surface area contributed by atoms with Gasteiger partial charge in [-0.1, -0.05) is 0 Å². The van der Waals surface area contributed by atoms with Crippen molar-refractivity contribution >= 4 is 28.6 Å². The molecule has 1 heterocycles. The van der Waals surface area contributed by atoms with Gasteiger partial charge in [0.2, 0.25) is 5.44 Å². The van der Waals surface area contributed by atoms with Crippen molar-refractivity contribution in [2.45, 2.75) is 5.44 Å². The molecule has 1 aliphatic rings. The molecular weight excluding hydrogens is 238 g/mol. The lowest BCUT2D eigenvalue weighted by Crippen LogP contribution is -2.47. The van der Waals surface area contributed by atoms with Crippen molar-refractivity contribution in [3.05, 3.63) is 0 Å². The standard InChI is InChI=1S/C5H9NO6S.ClH/c7-5(8)6-1-2-12-4(3-6)13(9,10)11;/h4H,1-3H2,(H,7,8)(H,9,10,11);1H. The van der Waals surface area contributed by atoms with E-state index in [-0.39, 0.29) is 32.1 Å². The molecule has 0 aromatic carbocycles. The molecule has 1 unspecified atom stereocenters. The first kappa shape index (κ1) is 13.4. The van der Waals surface area contributed by atoms with Crippen LogP contribution >= 0.6 is 12.4 Å². The van der Waals surface area contributed by atoms with E-state index < -0.39 is 21.6 Å². The summed E-state index contributed by atoms with van der Waals surface area (Å²) in [5.74, 6) is 0. The number of halogens is 1. The third-order valence-electron chi connectivity index (χ3n) is 1.64. The number of carboxylic acid groups (broad SMARTS) is 1. The SMILES string of the molecule is Cl.O=C(O)N1CCOC(S(=O)(=O)O)C1. The van der Waals surface area contributed by atoms with Crippen molar-refractivity contribution in [1.82, 2.24) is 4.90 Å². The molecule has 7 nitrogen and oxygen atoms in total. The van der Waals surface area contributed by atoms with E-state index in [2.05, 4.69) is 4.74 Å². The van der Waals surface area contributed by atoms with E-state index in [9.17, 15) is 13.2 Å². The Morgan fingerprint density at radius 2 is 2.07 bits per heavy atom. The van der Waals surface area contributed by atoms with E-state index in [0.717, 1.165) is 4.90 Å². The van der Waals surface area contributed by atoms with Gasteiger partial charge in [-0.15, -0.1) is 12.4 Å². The number of ether oxygens (including phenoxy) is 1. The molecule has 1 atom stereocenters. The Hall–Kier alpha value is -0.570. The Kier molecular flexibility index (Phi) is 4.59. The Bertz CT molecular complexity index is 303. The summed E-state index contributed by atoms with van der Waals surface area (Å²) < 4.78 is 34.4. The van der Waals surface area contributed by atoms with Crippen LogP contribution in [0.25, 0.3) is 0 Å². The third-order valence-corrected chi connectivity index (χ3v) is 2.59. The van der Waals surface area contributed by atoms with Crippen molar-refractivity contribution in [2.75, 3.05) is 19.7 Å². The molecule has 0 aromatic heterocycles. The molecule has 0 radical (unpaired) electrons. The lowest BCUT2D eigenvalue weighted by atomic mass is 10.4. The summed E-state index contributed by atoms with van der Waals surface area (Å²) in [5, 5.41) is 8.52.